The Labute approximate surface area is 136 Å². The van der Waals surface area contributed by atoms with Gasteiger partial charge in [0.25, 0.3) is 5.91 Å². The van der Waals surface area contributed by atoms with Crippen LogP contribution in [0.25, 0.3) is 0 Å². The van der Waals surface area contributed by atoms with Gasteiger partial charge in [-0.3, -0.25) is 4.79 Å². The van der Waals surface area contributed by atoms with Crippen molar-refractivity contribution >= 4 is 5.91 Å². The van der Waals surface area contributed by atoms with Crippen LogP contribution in [-0.2, 0) is 6.54 Å². The molecule has 124 valence electrons. The van der Waals surface area contributed by atoms with Crippen LogP contribution >= 0.6 is 0 Å². The second-order valence-electron chi connectivity index (χ2n) is 5.04. The molecule has 7 heteroatoms. The number of ether oxygens (including phenoxy) is 1. The Kier molecular flexibility index (Phi) is 5.09. The summed E-state index contributed by atoms with van der Waals surface area (Å²) in [6, 6.07) is 13.5. The first-order chi connectivity index (χ1) is 11.3. The summed E-state index contributed by atoms with van der Waals surface area (Å²) in [6.07, 6.45) is -4.73. The summed E-state index contributed by atoms with van der Waals surface area (Å²) in [6.45, 7) is 0.227. The van der Waals surface area contributed by atoms with Gasteiger partial charge in [-0.05, 0) is 42.0 Å². The number of nitrogens with zero attached hydrogens (tertiary/aromatic N) is 2. The standard InChI is InChI=1S/C17H13F3N2O2/c1-22(16(23)14-6-2-12(10-21)3-7-14)11-13-4-8-15(9-5-13)24-17(18,19)20/h2-9H,11H2,1H3. The molecule has 0 fully saturated rings. The zero-order chi connectivity index (χ0) is 17.7. The highest BCUT2D eigenvalue weighted by Crippen LogP contribution is 2.23. The van der Waals surface area contributed by atoms with E-state index >= 15 is 0 Å². The maximum atomic E-state index is 12.3. The molecule has 1 amide bonds. The number of halogens is 3. The van der Waals surface area contributed by atoms with E-state index in [1.165, 1.54) is 29.2 Å². The number of carbonyl (C=O) groups is 1. The van der Waals surface area contributed by atoms with Crippen LogP contribution in [0, 0.1) is 11.3 Å². The number of alkyl halides is 3. The molecule has 0 aromatic heterocycles. The van der Waals surface area contributed by atoms with Crippen molar-refractivity contribution < 1.29 is 22.7 Å². The lowest BCUT2D eigenvalue weighted by atomic mass is 10.1. The molecule has 0 aliphatic carbocycles. The van der Waals surface area contributed by atoms with Crippen LogP contribution in [0.1, 0.15) is 21.5 Å². The Morgan fingerprint density at radius 2 is 1.71 bits per heavy atom. The molecule has 2 aromatic carbocycles. The maximum Gasteiger partial charge on any atom is 0.573 e. The van der Waals surface area contributed by atoms with Gasteiger partial charge in [-0.25, -0.2) is 0 Å². The van der Waals surface area contributed by atoms with Crippen molar-refractivity contribution in [3.05, 3.63) is 65.2 Å². The molecule has 0 aliphatic heterocycles. The van der Waals surface area contributed by atoms with Crippen LogP contribution in [0.3, 0.4) is 0 Å². The molecule has 0 N–H and O–H groups in total. The highest BCUT2D eigenvalue weighted by atomic mass is 19.4. The number of hydrogen-bond acceptors (Lipinski definition) is 3. The number of benzene rings is 2. The van der Waals surface area contributed by atoms with Crippen molar-refractivity contribution in [2.45, 2.75) is 12.9 Å². The van der Waals surface area contributed by atoms with Crippen molar-refractivity contribution in [2.75, 3.05) is 7.05 Å². The first-order valence-electron chi connectivity index (χ1n) is 6.89. The molecule has 0 radical (unpaired) electrons. The van der Waals surface area contributed by atoms with Crippen LogP contribution in [0.2, 0.25) is 0 Å². The summed E-state index contributed by atoms with van der Waals surface area (Å²) in [5.41, 5.74) is 1.54. The quantitative estimate of drug-likeness (QED) is 0.856. The van der Waals surface area contributed by atoms with Gasteiger partial charge >= 0.3 is 6.36 Å². The monoisotopic (exact) mass is 334 g/mol. The van der Waals surface area contributed by atoms with E-state index in [1.807, 2.05) is 6.07 Å². The highest BCUT2D eigenvalue weighted by molar-refractivity contribution is 5.94. The van der Waals surface area contributed by atoms with Crippen molar-refractivity contribution in [1.29, 1.82) is 5.26 Å². The van der Waals surface area contributed by atoms with E-state index < -0.39 is 6.36 Å². The van der Waals surface area contributed by atoms with Gasteiger partial charge in [-0.2, -0.15) is 5.26 Å². The molecule has 0 aliphatic rings. The number of carbonyl (C=O) groups excluding carboxylic acids is 1. The van der Waals surface area contributed by atoms with Gasteiger partial charge < -0.3 is 9.64 Å². The van der Waals surface area contributed by atoms with Crippen molar-refractivity contribution in [3.8, 4) is 11.8 Å². The van der Waals surface area contributed by atoms with Crippen LogP contribution in [0.4, 0.5) is 13.2 Å². The van der Waals surface area contributed by atoms with Crippen LogP contribution < -0.4 is 4.74 Å². The highest BCUT2D eigenvalue weighted by Gasteiger charge is 2.30. The zero-order valence-electron chi connectivity index (χ0n) is 12.7. The van der Waals surface area contributed by atoms with Crippen molar-refractivity contribution in [3.63, 3.8) is 0 Å². The Hall–Kier alpha value is -3.01. The van der Waals surface area contributed by atoms with Crippen molar-refractivity contribution in [2.24, 2.45) is 0 Å². The van der Waals surface area contributed by atoms with Crippen LogP contribution in [0.5, 0.6) is 5.75 Å². The molecule has 24 heavy (non-hydrogen) atoms. The first kappa shape index (κ1) is 17.3. The lowest BCUT2D eigenvalue weighted by Gasteiger charge is -2.18. The minimum absolute atomic E-state index is 0.227. The molecule has 2 rings (SSSR count). The predicted molar refractivity (Wildman–Crippen MR) is 80.1 cm³/mol. The smallest absolute Gasteiger partial charge is 0.406 e. The summed E-state index contributed by atoms with van der Waals surface area (Å²) < 4.78 is 40.1. The SMILES string of the molecule is CN(Cc1ccc(OC(F)(F)F)cc1)C(=O)c1ccc(C#N)cc1. The molecule has 0 unspecified atom stereocenters. The Morgan fingerprint density at radius 1 is 1.12 bits per heavy atom. The average molecular weight is 334 g/mol. The van der Waals surface area contributed by atoms with E-state index in [9.17, 15) is 18.0 Å². The molecule has 2 aromatic rings. The normalized spacial score (nSPS) is 10.8. The first-order valence-corrected chi connectivity index (χ1v) is 6.89. The molecule has 0 bridgehead atoms. The largest absolute Gasteiger partial charge is 0.573 e. The summed E-state index contributed by atoms with van der Waals surface area (Å²) in [5.74, 6) is -0.567. The number of hydrogen-bond donors (Lipinski definition) is 0. The van der Waals surface area contributed by atoms with Crippen LogP contribution in [0.15, 0.2) is 48.5 Å². The third kappa shape index (κ3) is 4.74. The Bertz CT molecular complexity index is 747. The molecule has 0 saturated heterocycles. The van der Waals surface area contributed by atoms with Gasteiger partial charge in [0.2, 0.25) is 0 Å². The summed E-state index contributed by atoms with van der Waals surface area (Å²) in [7, 11) is 1.58. The van der Waals surface area contributed by atoms with Gasteiger partial charge in [0, 0.05) is 19.2 Å². The second-order valence-corrected chi connectivity index (χ2v) is 5.04. The van der Waals surface area contributed by atoms with Gasteiger partial charge in [-0.1, -0.05) is 12.1 Å². The topological polar surface area (TPSA) is 53.3 Å². The third-order valence-corrected chi connectivity index (χ3v) is 3.18. The minimum Gasteiger partial charge on any atom is -0.406 e. The average Bonchev–Trinajstić information content (AvgIpc) is 2.54. The van der Waals surface area contributed by atoms with Gasteiger partial charge in [-0.15, -0.1) is 13.2 Å². The molecular weight excluding hydrogens is 321 g/mol. The van der Waals surface area contributed by atoms with Gasteiger partial charge in [0.15, 0.2) is 0 Å². The molecule has 4 nitrogen and oxygen atoms in total. The molecular formula is C17H13F3N2O2. The zero-order valence-corrected chi connectivity index (χ0v) is 12.7. The second kappa shape index (κ2) is 7.04. The number of nitriles is 1. The summed E-state index contributed by atoms with van der Waals surface area (Å²) in [4.78, 5) is 13.7. The van der Waals surface area contributed by atoms with E-state index in [2.05, 4.69) is 4.74 Å². The van der Waals surface area contributed by atoms with Crippen molar-refractivity contribution in [1.82, 2.24) is 4.90 Å². The number of amides is 1. The Morgan fingerprint density at radius 3 is 2.21 bits per heavy atom. The number of rotatable bonds is 4. The van der Waals surface area contributed by atoms with E-state index in [1.54, 1.807) is 31.3 Å². The third-order valence-electron chi connectivity index (χ3n) is 3.18. The Balaban J connectivity index is 2.01. The van der Waals surface area contributed by atoms with E-state index in [4.69, 9.17) is 5.26 Å². The fourth-order valence-electron chi connectivity index (χ4n) is 2.05. The fourth-order valence-corrected chi connectivity index (χ4v) is 2.05. The van der Waals surface area contributed by atoms with E-state index in [-0.39, 0.29) is 18.2 Å². The fraction of sp³-hybridized carbons (Fsp3) is 0.176. The molecule has 0 spiro atoms. The predicted octanol–water partition coefficient (Wildman–Crippen LogP) is 3.73. The van der Waals surface area contributed by atoms with Crippen LogP contribution in [-0.4, -0.2) is 24.2 Å². The van der Waals surface area contributed by atoms with E-state index in [0.29, 0.717) is 16.7 Å². The van der Waals surface area contributed by atoms with Gasteiger partial charge in [0.05, 0.1) is 11.6 Å². The van der Waals surface area contributed by atoms with Gasteiger partial charge in [0.1, 0.15) is 5.75 Å². The lowest BCUT2D eigenvalue weighted by Crippen LogP contribution is -2.26. The van der Waals surface area contributed by atoms with E-state index in [0.717, 1.165) is 0 Å². The lowest BCUT2D eigenvalue weighted by molar-refractivity contribution is -0.274. The molecule has 0 atom stereocenters. The minimum atomic E-state index is -4.73. The maximum absolute atomic E-state index is 12.3. The summed E-state index contributed by atoms with van der Waals surface area (Å²) in [5, 5.41) is 8.74. The molecule has 0 heterocycles. The molecule has 0 saturated carbocycles. The summed E-state index contributed by atoms with van der Waals surface area (Å²) >= 11 is 0.